The lowest BCUT2D eigenvalue weighted by Crippen LogP contribution is -1.98. The first-order valence-corrected chi connectivity index (χ1v) is 4.83. The van der Waals surface area contributed by atoms with Gasteiger partial charge in [-0.1, -0.05) is 0 Å². The van der Waals surface area contributed by atoms with Crippen molar-refractivity contribution in [2.45, 2.75) is 6.92 Å². The Morgan fingerprint density at radius 2 is 2.33 bits per heavy atom. The number of carboxylic acid groups (broad SMARTS) is 1. The summed E-state index contributed by atoms with van der Waals surface area (Å²) in [5, 5.41) is 8.79. The molecular formula is C9H6BrNO4. The largest absolute Gasteiger partial charge is 0.476 e. The van der Waals surface area contributed by atoms with Crippen molar-refractivity contribution in [1.82, 2.24) is 4.98 Å². The lowest BCUT2D eigenvalue weighted by atomic mass is 10.3. The minimum Gasteiger partial charge on any atom is -0.476 e. The van der Waals surface area contributed by atoms with Crippen molar-refractivity contribution < 1.29 is 18.7 Å². The number of aromatic carboxylic acids is 1. The summed E-state index contributed by atoms with van der Waals surface area (Å²) >= 11 is 3.16. The summed E-state index contributed by atoms with van der Waals surface area (Å²) in [7, 11) is 0. The Labute approximate surface area is 92.8 Å². The molecule has 0 amide bonds. The van der Waals surface area contributed by atoms with E-state index in [1.807, 2.05) is 0 Å². The minimum atomic E-state index is -1.11. The Morgan fingerprint density at radius 1 is 1.60 bits per heavy atom. The summed E-state index contributed by atoms with van der Waals surface area (Å²) in [6, 6.07) is 1.64. The number of nitrogens with zero attached hydrogens (tertiary/aromatic N) is 1. The molecule has 0 aliphatic rings. The van der Waals surface area contributed by atoms with Crippen molar-refractivity contribution in [1.29, 1.82) is 0 Å². The number of carboxylic acids is 1. The van der Waals surface area contributed by atoms with Crippen molar-refractivity contribution in [3.05, 3.63) is 28.5 Å². The van der Waals surface area contributed by atoms with E-state index >= 15 is 0 Å². The second kappa shape index (κ2) is 3.54. The van der Waals surface area contributed by atoms with Crippen LogP contribution in [0, 0.1) is 6.92 Å². The summed E-state index contributed by atoms with van der Waals surface area (Å²) in [6.07, 6.45) is 1.46. The van der Waals surface area contributed by atoms with Gasteiger partial charge in [0.05, 0.1) is 11.8 Å². The summed E-state index contributed by atoms with van der Waals surface area (Å²) in [5.41, 5.74) is 0.503. The van der Waals surface area contributed by atoms with Gasteiger partial charge in [-0.05, 0) is 28.9 Å². The lowest BCUT2D eigenvalue weighted by Gasteiger charge is -1.87. The van der Waals surface area contributed by atoms with Gasteiger partial charge < -0.3 is 13.9 Å². The minimum absolute atomic E-state index is 0.0851. The standard InChI is InChI=1S/C9H6BrNO4/c1-4-6(9(12)13)11-8(15-4)5-2-3-14-7(5)10/h2-3H,1H3,(H,12,13). The molecule has 2 aromatic rings. The van der Waals surface area contributed by atoms with Gasteiger partial charge in [-0.25, -0.2) is 9.78 Å². The average molecular weight is 272 g/mol. The van der Waals surface area contributed by atoms with Crippen LogP contribution >= 0.6 is 15.9 Å². The smallest absolute Gasteiger partial charge is 0.358 e. The van der Waals surface area contributed by atoms with E-state index < -0.39 is 5.97 Å². The fourth-order valence-electron chi connectivity index (χ4n) is 1.16. The first-order chi connectivity index (χ1) is 7.09. The molecule has 2 heterocycles. The van der Waals surface area contributed by atoms with E-state index in [-0.39, 0.29) is 17.3 Å². The van der Waals surface area contributed by atoms with Crippen LogP contribution in [0.1, 0.15) is 16.2 Å². The second-order valence-electron chi connectivity index (χ2n) is 2.84. The molecule has 6 heteroatoms. The highest BCUT2D eigenvalue weighted by molar-refractivity contribution is 9.10. The van der Waals surface area contributed by atoms with E-state index in [0.29, 0.717) is 10.2 Å². The Bertz CT molecular complexity index is 514. The number of carbonyl (C=O) groups is 1. The fourth-order valence-corrected chi connectivity index (χ4v) is 1.57. The number of hydrogen-bond donors (Lipinski definition) is 1. The predicted octanol–water partition coefficient (Wildman–Crippen LogP) is 2.70. The maximum absolute atomic E-state index is 10.7. The quantitative estimate of drug-likeness (QED) is 0.909. The molecule has 1 N–H and O–H groups in total. The molecular weight excluding hydrogens is 266 g/mol. The summed E-state index contributed by atoms with van der Waals surface area (Å²) in [6.45, 7) is 1.55. The van der Waals surface area contributed by atoms with Crippen LogP contribution in [0.3, 0.4) is 0 Å². The number of oxazole rings is 1. The molecule has 0 atom stereocenters. The average Bonchev–Trinajstić information content (AvgIpc) is 2.71. The molecule has 78 valence electrons. The van der Waals surface area contributed by atoms with E-state index in [0.717, 1.165) is 0 Å². The van der Waals surface area contributed by atoms with Gasteiger partial charge in [0.25, 0.3) is 0 Å². The number of aryl methyl sites for hydroxylation is 1. The second-order valence-corrected chi connectivity index (χ2v) is 3.56. The van der Waals surface area contributed by atoms with E-state index in [9.17, 15) is 4.79 Å². The topological polar surface area (TPSA) is 76.5 Å². The van der Waals surface area contributed by atoms with Crippen molar-refractivity contribution in [2.75, 3.05) is 0 Å². The Balaban J connectivity index is 2.52. The molecule has 5 nitrogen and oxygen atoms in total. The lowest BCUT2D eigenvalue weighted by molar-refractivity contribution is 0.0689. The first kappa shape index (κ1) is 9.97. The van der Waals surface area contributed by atoms with Crippen LogP contribution < -0.4 is 0 Å². The van der Waals surface area contributed by atoms with E-state index in [1.54, 1.807) is 13.0 Å². The molecule has 0 spiro atoms. The van der Waals surface area contributed by atoms with Crippen molar-refractivity contribution in [2.24, 2.45) is 0 Å². The first-order valence-electron chi connectivity index (χ1n) is 4.03. The highest BCUT2D eigenvalue weighted by Gasteiger charge is 2.19. The number of furan rings is 1. The van der Waals surface area contributed by atoms with Gasteiger partial charge in [-0.15, -0.1) is 0 Å². The van der Waals surface area contributed by atoms with E-state index in [2.05, 4.69) is 20.9 Å². The van der Waals surface area contributed by atoms with Gasteiger partial charge in [0.15, 0.2) is 10.4 Å². The molecule has 2 rings (SSSR count). The Kier molecular flexibility index (Phi) is 2.36. The number of halogens is 1. The third kappa shape index (κ3) is 1.68. The molecule has 0 saturated carbocycles. The predicted molar refractivity (Wildman–Crippen MR) is 53.6 cm³/mol. The number of hydrogen-bond acceptors (Lipinski definition) is 4. The molecule has 0 radical (unpaired) electrons. The summed E-state index contributed by atoms with van der Waals surface area (Å²) in [5.74, 6) is -0.613. The van der Waals surface area contributed by atoms with Crippen molar-refractivity contribution in [3.63, 3.8) is 0 Å². The van der Waals surface area contributed by atoms with Crippen LogP contribution in [0.2, 0.25) is 0 Å². The molecule has 0 aromatic carbocycles. The SMILES string of the molecule is Cc1oc(-c2ccoc2Br)nc1C(=O)O. The van der Waals surface area contributed by atoms with Crippen LogP contribution in [-0.4, -0.2) is 16.1 Å². The molecule has 0 saturated heterocycles. The molecule has 0 bridgehead atoms. The van der Waals surface area contributed by atoms with Crippen molar-refractivity contribution in [3.8, 4) is 11.5 Å². The molecule has 0 aliphatic carbocycles. The monoisotopic (exact) mass is 271 g/mol. The third-order valence-corrected chi connectivity index (χ3v) is 2.46. The molecule has 2 aromatic heterocycles. The van der Waals surface area contributed by atoms with E-state index in [4.69, 9.17) is 13.9 Å². The number of aromatic nitrogens is 1. The van der Waals surface area contributed by atoms with E-state index in [1.165, 1.54) is 6.26 Å². The van der Waals surface area contributed by atoms with Crippen LogP contribution in [0.15, 0.2) is 25.8 Å². The highest BCUT2D eigenvalue weighted by atomic mass is 79.9. The zero-order chi connectivity index (χ0) is 11.0. The van der Waals surface area contributed by atoms with Gasteiger partial charge >= 0.3 is 5.97 Å². The van der Waals surface area contributed by atoms with Gasteiger partial charge in [0, 0.05) is 0 Å². The van der Waals surface area contributed by atoms with Gasteiger partial charge in [-0.2, -0.15) is 0 Å². The maximum atomic E-state index is 10.7. The van der Waals surface area contributed by atoms with Crippen LogP contribution in [0.5, 0.6) is 0 Å². The normalized spacial score (nSPS) is 10.5. The summed E-state index contributed by atoms with van der Waals surface area (Å²) in [4.78, 5) is 14.6. The molecule has 15 heavy (non-hydrogen) atoms. The van der Waals surface area contributed by atoms with Gasteiger partial charge in [-0.3, -0.25) is 0 Å². The Morgan fingerprint density at radius 3 is 2.80 bits per heavy atom. The van der Waals surface area contributed by atoms with Gasteiger partial charge in [0.2, 0.25) is 5.89 Å². The molecule has 0 fully saturated rings. The zero-order valence-corrected chi connectivity index (χ0v) is 9.24. The van der Waals surface area contributed by atoms with Crippen LogP contribution in [-0.2, 0) is 0 Å². The zero-order valence-electron chi connectivity index (χ0n) is 7.65. The Hall–Kier alpha value is -1.56. The van der Waals surface area contributed by atoms with Crippen LogP contribution in [0.25, 0.3) is 11.5 Å². The highest BCUT2D eigenvalue weighted by Crippen LogP contribution is 2.29. The fraction of sp³-hybridized carbons (Fsp3) is 0.111. The number of rotatable bonds is 2. The third-order valence-electron chi connectivity index (χ3n) is 1.85. The van der Waals surface area contributed by atoms with Crippen molar-refractivity contribution >= 4 is 21.9 Å². The maximum Gasteiger partial charge on any atom is 0.358 e. The summed E-state index contributed by atoms with van der Waals surface area (Å²) < 4.78 is 10.7. The molecule has 0 aliphatic heterocycles. The molecule has 0 unspecified atom stereocenters. The van der Waals surface area contributed by atoms with Gasteiger partial charge in [0.1, 0.15) is 5.76 Å². The van der Waals surface area contributed by atoms with Crippen LogP contribution in [0.4, 0.5) is 0 Å².